The molecule has 0 aromatic carbocycles. The van der Waals surface area contributed by atoms with Gasteiger partial charge in [0.25, 0.3) is 5.91 Å². The van der Waals surface area contributed by atoms with E-state index in [2.05, 4.69) is 5.32 Å². The zero-order chi connectivity index (χ0) is 13.8. The van der Waals surface area contributed by atoms with Crippen LogP contribution in [0.1, 0.15) is 22.8 Å². The number of rotatable bonds is 6. The van der Waals surface area contributed by atoms with E-state index in [1.807, 2.05) is 6.92 Å². The van der Waals surface area contributed by atoms with E-state index >= 15 is 0 Å². The summed E-state index contributed by atoms with van der Waals surface area (Å²) in [5, 5.41) is 9.18. The van der Waals surface area contributed by atoms with Gasteiger partial charge >= 0.3 is 0 Å². The molecule has 0 fully saturated rings. The second kappa shape index (κ2) is 6.28. The lowest BCUT2D eigenvalue weighted by Gasteiger charge is -2.05. The second-order valence-electron chi connectivity index (χ2n) is 3.56. The van der Waals surface area contributed by atoms with Gasteiger partial charge in [0, 0.05) is 18.5 Å². The van der Waals surface area contributed by atoms with E-state index in [0.717, 1.165) is 11.3 Å². The third kappa shape index (κ3) is 3.77. The molecule has 0 aliphatic rings. The zero-order valence-corrected chi connectivity index (χ0v) is 11.9. The SMILES string of the molecule is CCOCCNC(=O)c1csc(S(N)(=O)=O)c1C. The van der Waals surface area contributed by atoms with Crippen molar-refractivity contribution in [2.45, 2.75) is 18.1 Å². The number of thiophene rings is 1. The van der Waals surface area contributed by atoms with E-state index in [-0.39, 0.29) is 10.1 Å². The molecule has 18 heavy (non-hydrogen) atoms. The van der Waals surface area contributed by atoms with Crippen LogP contribution in [0.4, 0.5) is 0 Å². The summed E-state index contributed by atoms with van der Waals surface area (Å²) >= 11 is 0.950. The van der Waals surface area contributed by atoms with Crippen LogP contribution >= 0.6 is 11.3 Å². The van der Waals surface area contributed by atoms with Crippen LogP contribution in [0.3, 0.4) is 0 Å². The molecule has 0 saturated carbocycles. The molecular formula is C10H16N2O4S2. The molecule has 0 saturated heterocycles. The van der Waals surface area contributed by atoms with Crippen molar-refractivity contribution in [3.8, 4) is 0 Å². The third-order valence-electron chi connectivity index (χ3n) is 2.23. The molecule has 1 amide bonds. The number of primary sulfonamides is 1. The van der Waals surface area contributed by atoms with Gasteiger partial charge in [-0.2, -0.15) is 0 Å². The Bertz CT molecular complexity index is 522. The lowest BCUT2D eigenvalue weighted by atomic mass is 10.2. The van der Waals surface area contributed by atoms with E-state index in [1.54, 1.807) is 6.92 Å². The van der Waals surface area contributed by atoms with Crippen LogP contribution in [0.5, 0.6) is 0 Å². The molecule has 102 valence electrons. The van der Waals surface area contributed by atoms with E-state index < -0.39 is 10.0 Å². The smallest absolute Gasteiger partial charge is 0.252 e. The van der Waals surface area contributed by atoms with Crippen LogP contribution < -0.4 is 10.5 Å². The third-order valence-corrected chi connectivity index (χ3v) is 4.92. The van der Waals surface area contributed by atoms with Crippen LogP contribution in [0.25, 0.3) is 0 Å². The van der Waals surface area contributed by atoms with Crippen molar-refractivity contribution in [1.82, 2.24) is 5.32 Å². The number of hydrogen-bond acceptors (Lipinski definition) is 5. The van der Waals surface area contributed by atoms with Crippen LogP contribution in [-0.4, -0.2) is 34.1 Å². The minimum Gasteiger partial charge on any atom is -0.380 e. The highest BCUT2D eigenvalue weighted by atomic mass is 32.2. The van der Waals surface area contributed by atoms with Crippen LogP contribution in [0, 0.1) is 6.92 Å². The minimum atomic E-state index is -3.76. The minimum absolute atomic E-state index is 0.0254. The molecule has 0 bridgehead atoms. The number of nitrogens with one attached hydrogen (secondary N) is 1. The summed E-state index contributed by atoms with van der Waals surface area (Å²) < 4.78 is 27.6. The highest BCUT2D eigenvalue weighted by molar-refractivity contribution is 7.91. The standard InChI is InChI=1S/C10H16N2O4S2/c1-3-16-5-4-12-9(13)8-6-17-10(7(8)2)18(11,14)15/h6H,3-5H2,1-2H3,(H,12,13)(H2,11,14,15). The molecule has 1 rings (SSSR count). The number of carbonyl (C=O) groups is 1. The molecule has 0 spiro atoms. The van der Waals surface area contributed by atoms with E-state index in [1.165, 1.54) is 5.38 Å². The number of hydrogen-bond donors (Lipinski definition) is 2. The number of ether oxygens (including phenoxy) is 1. The Kier molecular flexibility index (Phi) is 5.27. The van der Waals surface area contributed by atoms with Crippen molar-refractivity contribution in [2.24, 2.45) is 5.14 Å². The Morgan fingerprint density at radius 2 is 2.22 bits per heavy atom. The maximum Gasteiger partial charge on any atom is 0.252 e. The predicted molar refractivity (Wildman–Crippen MR) is 69.3 cm³/mol. The summed E-state index contributed by atoms with van der Waals surface area (Å²) in [5.41, 5.74) is 0.719. The maximum atomic E-state index is 11.8. The zero-order valence-electron chi connectivity index (χ0n) is 10.2. The quantitative estimate of drug-likeness (QED) is 0.745. The fourth-order valence-corrected chi connectivity index (χ4v) is 3.39. The Labute approximate surface area is 110 Å². The molecule has 0 aliphatic heterocycles. The van der Waals surface area contributed by atoms with Crippen molar-refractivity contribution in [3.63, 3.8) is 0 Å². The molecule has 0 atom stereocenters. The summed E-state index contributed by atoms with van der Waals surface area (Å²) in [6.45, 7) is 4.82. The summed E-state index contributed by atoms with van der Waals surface area (Å²) in [4.78, 5) is 11.8. The molecule has 6 nitrogen and oxygen atoms in total. The monoisotopic (exact) mass is 292 g/mol. The van der Waals surface area contributed by atoms with Gasteiger partial charge in [0.15, 0.2) is 0 Å². The molecule has 1 heterocycles. The first-order chi connectivity index (χ1) is 8.38. The Balaban J connectivity index is 2.73. The van der Waals surface area contributed by atoms with Gasteiger partial charge in [-0.05, 0) is 19.4 Å². The van der Waals surface area contributed by atoms with Gasteiger partial charge in [-0.25, -0.2) is 13.6 Å². The van der Waals surface area contributed by atoms with Crippen LogP contribution in [0.15, 0.2) is 9.59 Å². The Morgan fingerprint density at radius 1 is 1.56 bits per heavy atom. The van der Waals surface area contributed by atoms with Gasteiger partial charge in [0.1, 0.15) is 4.21 Å². The number of amides is 1. The van der Waals surface area contributed by atoms with Gasteiger partial charge in [-0.1, -0.05) is 0 Å². The average molecular weight is 292 g/mol. The summed E-state index contributed by atoms with van der Waals surface area (Å²) in [5.74, 6) is -0.321. The molecule has 0 unspecified atom stereocenters. The van der Waals surface area contributed by atoms with E-state index in [9.17, 15) is 13.2 Å². The molecule has 1 aromatic rings. The first kappa shape index (κ1) is 15.1. The summed E-state index contributed by atoms with van der Waals surface area (Å²) in [6.07, 6.45) is 0. The average Bonchev–Trinajstić information content (AvgIpc) is 2.66. The predicted octanol–water partition coefficient (Wildman–Crippen LogP) is 0.470. The van der Waals surface area contributed by atoms with E-state index in [0.29, 0.717) is 30.9 Å². The van der Waals surface area contributed by atoms with Crippen molar-refractivity contribution in [2.75, 3.05) is 19.8 Å². The largest absolute Gasteiger partial charge is 0.380 e. The van der Waals surface area contributed by atoms with Gasteiger partial charge in [0.05, 0.1) is 12.2 Å². The number of nitrogens with two attached hydrogens (primary N) is 1. The summed E-state index contributed by atoms with van der Waals surface area (Å²) in [6, 6.07) is 0. The van der Waals surface area contributed by atoms with Gasteiger partial charge < -0.3 is 10.1 Å². The lowest BCUT2D eigenvalue weighted by molar-refractivity contribution is 0.0922. The normalized spacial score (nSPS) is 11.5. The number of carbonyl (C=O) groups excluding carboxylic acids is 1. The topological polar surface area (TPSA) is 98.5 Å². The van der Waals surface area contributed by atoms with Gasteiger partial charge in [-0.15, -0.1) is 11.3 Å². The van der Waals surface area contributed by atoms with Crippen molar-refractivity contribution in [3.05, 3.63) is 16.5 Å². The Morgan fingerprint density at radius 3 is 2.72 bits per heavy atom. The highest BCUT2D eigenvalue weighted by Gasteiger charge is 2.20. The molecular weight excluding hydrogens is 276 g/mol. The lowest BCUT2D eigenvalue weighted by Crippen LogP contribution is -2.27. The molecule has 3 N–H and O–H groups in total. The first-order valence-electron chi connectivity index (χ1n) is 5.34. The van der Waals surface area contributed by atoms with Crippen LogP contribution in [-0.2, 0) is 14.8 Å². The fourth-order valence-electron chi connectivity index (χ4n) is 1.38. The molecule has 1 aromatic heterocycles. The Hall–Kier alpha value is -0.960. The molecule has 0 radical (unpaired) electrons. The highest BCUT2D eigenvalue weighted by Crippen LogP contribution is 2.25. The van der Waals surface area contributed by atoms with Crippen LogP contribution in [0.2, 0.25) is 0 Å². The van der Waals surface area contributed by atoms with E-state index in [4.69, 9.17) is 9.88 Å². The second-order valence-corrected chi connectivity index (χ2v) is 6.20. The maximum absolute atomic E-state index is 11.8. The first-order valence-corrected chi connectivity index (χ1v) is 7.77. The van der Waals surface area contributed by atoms with Crippen molar-refractivity contribution < 1.29 is 17.9 Å². The van der Waals surface area contributed by atoms with Gasteiger partial charge in [-0.3, -0.25) is 4.79 Å². The summed E-state index contributed by atoms with van der Waals surface area (Å²) in [7, 11) is -3.76. The molecule has 8 heteroatoms. The van der Waals surface area contributed by atoms with Crippen molar-refractivity contribution >= 4 is 27.3 Å². The fraction of sp³-hybridized carbons (Fsp3) is 0.500. The van der Waals surface area contributed by atoms with Crippen molar-refractivity contribution in [1.29, 1.82) is 0 Å². The number of sulfonamides is 1. The molecule has 0 aliphatic carbocycles. The van der Waals surface area contributed by atoms with Gasteiger partial charge in [0.2, 0.25) is 10.0 Å².